The minimum Gasteiger partial charge on any atom is -0.463 e. The fourth-order valence-electron chi connectivity index (χ4n) is 9.81. The number of nitrogens with one attached hydrogen (secondary N) is 2. The van der Waals surface area contributed by atoms with Gasteiger partial charge in [0.2, 0.25) is 11.8 Å². The monoisotopic (exact) mass is 1130 g/mol. The molecule has 2 saturated heterocycles. The number of amides is 2. The van der Waals surface area contributed by atoms with Crippen LogP contribution in [0.4, 0.5) is 0 Å². The Labute approximate surface area is 482 Å². The molecule has 2 aliphatic heterocycles. The van der Waals surface area contributed by atoms with Crippen LogP contribution in [-0.2, 0) is 66.6 Å². The fourth-order valence-corrected chi connectivity index (χ4v) is 9.81. The zero-order valence-corrected chi connectivity index (χ0v) is 50.7. The van der Waals surface area contributed by atoms with Crippen molar-refractivity contribution < 1.29 is 66.6 Å². The van der Waals surface area contributed by atoms with Crippen LogP contribution in [0.2, 0.25) is 0 Å². The first-order chi connectivity index (χ1) is 38.8. The summed E-state index contributed by atoms with van der Waals surface area (Å²) in [6.07, 6.45) is 44.7. The summed E-state index contributed by atoms with van der Waals surface area (Å²) in [5, 5.41) is 5.60. The molecular weight excluding hydrogens is 1020 g/mol. The average Bonchev–Trinajstić information content (AvgIpc) is 3.86. The summed E-state index contributed by atoms with van der Waals surface area (Å²) in [7, 11) is 1.94. The Balaban J connectivity index is 1.74. The van der Waals surface area contributed by atoms with Gasteiger partial charge in [0, 0.05) is 53.6 Å². The van der Waals surface area contributed by atoms with Crippen molar-refractivity contribution in [3.05, 3.63) is 48.6 Å². The van der Waals surface area contributed by atoms with Gasteiger partial charge < -0.3 is 53.3 Å². The highest BCUT2D eigenvalue weighted by molar-refractivity contribution is 5.78. The van der Waals surface area contributed by atoms with Crippen LogP contribution >= 0.6 is 0 Å². The number of carbonyl (C=O) groups is 5. The van der Waals surface area contributed by atoms with Crippen LogP contribution in [0.15, 0.2) is 48.6 Å². The van der Waals surface area contributed by atoms with Gasteiger partial charge in [0.25, 0.3) is 0 Å². The molecule has 0 radical (unpaired) electrons. The molecule has 0 aromatic carbocycles. The highest BCUT2D eigenvalue weighted by atomic mass is 16.7. The van der Waals surface area contributed by atoms with E-state index in [9.17, 15) is 24.0 Å². The second-order valence-electron chi connectivity index (χ2n) is 21.5. The highest BCUT2D eigenvalue weighted by Crippen LogP contribution is 2.35. The Morgan fingerprint density at radius 3 is 1.59 bits per heavy atom. The quantitative estimate of drug-likeness (QED) is 0.0252. The molecule has 2 heterocycles. The van der Waals surface area contributed by atoms with Crippen LogP contribution in [0.3, 0.4) is 0 Å². The van der Waals surface area contributed by atoms with E-state index in [0.717, 1.165) is 51.4 Å². The van der Waals surface area contributed by atoms with Gasteiger partial charge in [-0.3, -0.25) is 28.9 Å². The number of nitrogens with zero attached hydrogens (tertiary/aromatic N) is 1. The number of rotatable bonds is 49. The zero-order valence-electron chi connectivity index (χ0n) is 50.7. The molecule has 17 heteroatoms. The fraction of sp³-hybridized carbons (Fsp3) is 0.794. The van der Waals surface area contributed by atoms with Gasteiger partial charge in [-0.05, 0) is 84.1 Å². The Kier molecular flexibility index (Phi) is 42.8. The Hall–Kier alpha value is -3.97. The third kappa shape index (κ3) is 37.2. The van der Waals surface area contributed by atoms with Gasteiger partial charge in [-0.15, -0.1) is 0 Å². The molecule has 2 amide bonds. The smallest absolute Gasteiger partial charge is 0.303 e. The molecule has 0 aromatic rings. The second kappa shape index (κ2) is 47.5. The van der Waals surface area contributed by atoms with E-state index in [0.29, 0.717) is 26.3 Å². The number of likely N-dealkylation sites (N-methyl/N-ethyl adjacent to an activating group) is 1. The number of ether oxygens (including phenoxy) is 9. The lowest BCUT2D eigenvalue weighted by molar-refractivity contribution is -0.279. The summed E-state index contributed by atoms with van der Waals surface area (Å²) >= 11 is 0. The van der Waals surface area contributed by atoms with Crippen LogP contribution in [0.25, 0.3) is 0 Å². The topological polar surface area (TPSA) is 196 Å². The van der Waals surface area contributed by atoms with Crippen LogP contribution < -0.4 is 10.6 Å². The van der Waals surface area contributed by atoms with Crippen LogP contribution in [0.1, 0.15) is 208 Å². The molecule has 0 aliphatic carbocycles. The van der Waals surface area contributed by atoms with Crippen molar-refractivity contribution in [2.45, 2.75) is 251 Å². The molecular formula is C63H109N3O14. The minimum absolute atomic E-state index is 0.00216. The molecule has 460 valence electrons. The van der Waals surface area contributed by atoms with Gasteiger partial charge in [-0.25, -0.2) is 0 Å². The van der Waals surface area contributed by atoms with Crippen molar-refractivity contribution in [3.8, 4) is 0 Å². The third-order valence-corrected chi connectivity index (χ3v) is 13.9. The summed E-state index contributed by atoms with van der Waals surface area (Å²) in [6.45, 7) is 11.6. The number of hydrogen-bond donors (Lipinski definition) is 2. The van der Waals surface area contributed by atoms with Gasteiger partial charge in [-0.1, -0.05) is 140 Å². The largest absolute Gasteiger partial charge is 0.463 e. The molecule has 0 spiro atoms. The van der Waals surface area contributed by atoms with E-state index in [1.54, 1.807) is 0 Å². The number of allylic oxidation sites excluding steroid dienone is 8. The van der Waals surface area contributed by atoms with E-state index in [2.05, 4.69) is 73.1 Å². The second-order valence-corrected chi connectivity index (χ2v) is 21.5. The van der Waals surface area contributed by atoms with E-state index in [4.69, 9.17) is 42.6 Å². The predicted octanol–water partition coefficient (Wildman–Crippen LogP) is 11.3. The Bertz CT molecular complexity index is 1710. The molecule has 3 unspecified atom stereocenters. The van der Waals surface area contributed by atoms with Gasteiger partial charge >= 0.3 is 17.9 Å². The van der Waals surface area contributed by atoms with Gasteiger partial charge in [0.1, 0.15) is 18.8 Å². The molecule has 2 aliphatic rings. The SMILES string of the molecule is CCCCC/C=C\C/C=C\CCCCCCCCC1(CCCCCCCC/C=C\C/C=C\CCCCC)OC[C@H](CN(C)CC(=O)NCCOCCOCCO[C@@H]2OC(COC(C)=O)[C@H](OC(C)=O)C(OC(C)=O)C2NC(C)=O)O1. The maximum Gasteiger partial charge on any atom is 0.303 e. The average molecular weight is 1130 g/mol. The summed E-state index contributed by atoms with van der Waals surface area (Å²) in [5.41, 5.74) is 0. The molecule has 6 atom stereocenters. The highest BCUT2D eigenvalue weighted by Gasteiger charge is 2.51. The van der Waals surface area contributed by atoms with E-state index in [1.807, 2.05) is 11.9 Å². The van der Waals surface area contributed by atoms with Crippen LogP contribution in [0, 0.1) is 0 Å². The lowest BCUT2D eigenvalue weighted by atomic mass is 9.96. The van der Waals surface area contributed by atoms with E-state index in [1.165, 1.54) is 143 Å². The number of esters is 3. The van der Waals surface area contributed by atoms with Crippen molar-refractivity contribution in [2.75, 3.05) is 72.9 Å². The van der Waals surface area contributed by atoms with E-state index < -0.39 is 60.2 Å². The lowest BCUT2D eigenvalue weighted by Gasteiger charge is -2.44. The minimum atomic E-state index is -1.21. The Morgan fingerprint density at radius 1 is 0.588 bits per heavy atom. The summed E-state index contributed by atoms with van der Waals surface area (Å²) in [6, 6.07) is -1.07. The van der Waals surface area contributed by atoms with E-state index >= 15 is 0 Å². The third-order valence-electron chi connectivity index (χ3n) is 13.9. The van der Waals surface area contributed by atoms with Crippen molar-refractivity contribution in [1.29, 1.82) is 0 Å². The molecule has 0 aromatic heterocycles. The molecule has 80 heavy (non-hydrogen) atoms. The number of unbranched alkanes of at least 4 members (excludes halogenated alkanes) is 18. The zero-order chi connectivity index (χ0) is 58.3. The van der Waals surface area contributed by atoms with Crippen LogP contribution in [0.5, 0.6) is 0 Å². The first kappa shape index (κ1) is 72.1. The first-order valence-corrected chi connectivity index (χ1v) is 30.8. The Morgan fingerprint density at radius 2 is 1.07 bits per heavy atom. The van der Waals surface area contributed by atoms with Crippen molar-refractivity contribution in [2.24, 2.45) is 0 Å². The van der Waals surface area contributed by atoms with Gasteiger partial charge in [0.15, 0.2) is 24.3 Å². The van der Waals surface area contributed by atoms with Crippen LogP contribution in [-0.4, -0.2) is 150 Å². The van der Waals surface area contributed by atoms with Crippen molar-refractivity contribution >= 4 is 29.7 Å². The normalized spacial score (nSPS) is 20.1. The maximum absolute atomic E-state index is 12.9. The van der Waals surface area contributed by atoms with Crippen molar-refractivity contribution in [1.82, 2.24) is 15.5 Å². The first-order valence-electron chi connectivity index (χ1n) is 30.8. The molecule has 17 nitrogen and oxygen atoms in total. The molecule has 0 bridgehead atoms. The standard InChI is InChI=1S/C63H109N3O14/c1-8-10-12-14-16-18-20-22-24-26-28-30-32-34-36-38-40-63(41-39-37-35-33-31-29-27-25-23-21-19-17-15-13-11-9-2)76-50-56(80-63)48-66(7)49-58(71)64-42-43-72-44-45-73-46-47-74-62-59(65-52(3)67)61(78-55(6)70)60(77-54(5)69)57(79-62)51-75-53(4)68/h16-19,22-25,56-57,59-62H,8-15,20-21,26-51H2,1-7H3,(H,64,71)(H,65,67)/b18-16-,19-17-,24-22-,25-23-/t56-,57?,59?,60-,61?,62+/m0/s1. The summed E-state index contributed by atoms with van der Waals surface area (Å²) < 4.78 is 52.7. The predicted molar refractivity (Wildman–Crippen MR) is 314 cm³/mol. The molecule has 0 saturated carbocycles. The number of hydrogen-bond acceptors (Lipinski definition) is 15. The lowest BCUT2D eigenvalue weighted by Crippen LogP contribution is -2.66. The molecule has 2 N–H and O–H groups in total. The molecule has 2 fully saturated rings. The van der Waals surface area contributed by atoms with Crippen molar-refractivity contribution in [3.63, 3.8) is 0 Å². The summed E-state index contributed by atoms with van der Waals surface area (Å²) in [5.74, 6) is -3.13. The maximum atomic E-state index is 12.9. The summed E-state index contributed by atoms with van der Waals surface area (Å²) in [4.78, 5) is 62.8. The van der Waals surface area contributed by atoms with Gasteiger partial charge in [-0.2, -0.15) is 0 Å². The van der Waals surface area contributed by atoms with E-state index in [-0.39, 0.29) is 51.6 Å². The molecule has 2 rings (SSSR count). The number of carbonyl (C=O) groups excluding carboxylic acids is 5. The van der Waals surface area contributed by atoms with Gasteiger partial charge in [0.05, 0.1) is 52.3 Å².